The van der Waals surface area contributed by atoms with E-state index < -0.39 is 59.5 Å². The number of hydrogen-bond donors (Lipinski definition) is 8. The highest BCUT2D eigenvalue weighted by molar-refractivity contribution is 5.97. The van der Waals surface area contributed by atoms with Crippen LogP contribution < -0.4 is 16.0 Å². The van der Waals surface area contributed by atoms with E-state index in [1.54, 1.807) is 20.8 Å². The van der Waals surface area contributed by atoms with Gasteiger partial charge in [0.15, 0.2) is 0 Å². The van der Waals surface area contributed by atoms with E-state index in [1.807, 2.05) is 0 Å². The molecular formula is C35H56N6O13. The number of ether oxygens (including phenoxy) is 1. The molecular weight excluding hydrogens is 712 g/mol. The fraction of sp³-hybridized carbons (Fsp3) is 0.629. The number of hydroxylamine groups is 6. The Morgan fingerprint density at radius 1 is 0.685 bits per heavy atom. The van der Waals surface area contributed by atoms with Gasteiger partial charge in [-0.2, -0.15) is 0 Å². The molecule has 1 aliphatic heterocycles. The van der Waals surface area contributed by atoms with E-state index in [-0.39, 0.29) is 90.8 Å². The van der Waals surface area contributed by atoms with Gasteiger partial charge in [-0.05, 0) is 72.1 Å². The molecule has 1 fully saturated rings. The smallest absolute Gasteiger partial charge is 0.328 e. The lowest BCUT2D eigenvalue weighted by atomic mass is 10.0. The summed E-state index contributed by atoms with van der Waals surface area (Å²) >= 11 is 0. The van der Waals surface area contributed by atoms with Gasteiger partial charge in [-0.1, -0.05) is 16.7 Å². The number of piperazine rings is 1. The van der Waals surface area contributed by atoms with E-state index >= 15 is 0 Å². The summed E-state index contributed by atoms with van der Waals surface area (Å²) in [7, 11) is 0. The van der Waals surface area contributed by atoms with Crippen LogP contribution in [-0.2, 0) is 38.3 Å². The summed E-state index contributed by atoms with van der Waals surface area (Å²) in [5, 5.41) is 57.0. The zero-order chi connectivity index (χ0) is 40.8. The predicted octanol–water partition coefficient (Wildman–Crippen LogP) is 0.00530. The minimum absolute atomic E-state index is 0.0556. The van der Waals surface area contributed by atoms with Crippen LogP contribution in [0, 0.1) is 0 Å². The van der Waals surface area contributed by atoms with Crippen LogP contribution >= 0.6 is 0 Å². The molecule has 6 amide bonds. The van der Waals surface area contributed by atoms with Crippen LogP contribution in [0.1, 0.15) is 85.5 Å². The summed E-state index contributed by atoms with van der Waals surface area (Å²) in [4.78, 5) is 85.9. The first-order valence-corrected chi connectivity index (χ1v) is 17.8. The quantitative estimate of drug-likeness (QED) is 0.0279. The van der Waals surface area contributed by atoms with Crippen LogP contribution in [0.4, 0.5) is 0 Å². The molecule has 8 N–H and O–H groups in total. The number of esters is 1. The van der Waals surface area contributed by atoms with Crippen molar-refractivity contribution >= 4 is 41.4 Å². The van der Waals surface area contributed by atoms with Gasteiger partial charge in [-0.25, -0.2) is 20.0 Å². The standard InChI is InChI=1S/C35H56N6O13/c1-23(11-17-42)20-30(45)39(51)14-5-8-27-33(48)38-28(34(49)37-27)9-6-15-40(52)32(47)22-25(3)13-19-54-35(50)29(36-26(4)44)10-7-16-41(53)31(46)21-24(2)12-18-43/h20-22,27-29,42-43,51-53H,5-19H2,1-4H3,(H,36,44)(H,37,49)(H,38,48). The fourth-order valence-electron chi connectivity index (χ4n) is 5.08. The maximum absolute atomic E-state index is 12.6. The molecule has 0 aromatic heterocycles. The highest BCUT2D eigenvalue weighted by Gasteiger charge is 2.33. The van der Waals surface area contributed by atoms with E-state index in [1.165, 1.54) is 19.1 Å². The summed E-state index contributed by atoms with van der Waals surface area (Å²) in [6, 6.07) is -2.81. The van der Waals surface area contributed by atoms with Gasteiger partial charge in [0, 0.05) is 64.4 Å². The van der Waals surface area contributed by atoms with Gasteiger partial charge in [0.05, 0.1) is 6.61 Å². The van der Waals surface area contributed by atoms with Crippen molar-refractivity contribution in [3.63, 3.8) is 0 Å². The number of carbonyl (C=O) groups excluding carboxylic acids is 7. The first-order chi connectivity index (χ1) is 25.5. The molecule has 0 aromatic carbocycles. The highest BCUT2D eigenvalue weighted by Crippen LogP contribution is 2.11. The number of nitrogens with zero attached hydrogens (tertiary/aromatic N) is 3. The third-order valence-electron chi connectivity index (χ3n) is 8.14. The average Bonchev–Trinajstić information content (AvgIpc) is 3.09. The summed E-state index contributed by atoms with van der Waals surface area (Å²) in [6.45, 7) is 5.30. The zero-order valence-electron chi connectivity index (χ0n) is 31.4. The molecule has 0 saturated carbocycles. The van der Waals surface area contributed by atoms with E-state index in [4.69, 9.17) is 14.9 Å². The highest BCUT2D eigenvalue weighted by atomic mass is 16.5. The molecule has 1 saturated heterocycles. The van der Waals surface area contributed by atoms with Crippen molar-refractivity contribution in [3.8, 4) is 0 Å². The molecule has 304 valence electrons. The Labute approximate surface area is 314 Å². The fourth-order valence-corrected chi connectivity index (χ4v) is 5.08. The SMILES string of the molecule is CC(=O)NC(CCCN(O)C(=O)C=C(C)CCO)C(=O)OCCC(C)=CC(=O)N(O)CCCC1NC(=O)C(CCCN(O)C(=O)C=C(C)CCO)NC1=O. The molecule has 3 unspecified atom stereocenters. The minimum atomic E-state index is -1.05. The van der Waals surface area contributed by atoms with Gasteiger partial charge >= 0.3 is 5.97 Å². The second-order valence-electron chi connectivity index (χ2n) is 13.0. The Morgan fingerprint density at radius 2 is 1.07 bits per heavy atom. The number of hydrogen-bond acceptors (Lipinski definition) is 13. The number of amides is 6. The lowest BCUT2D eigenvalue weighted by Crippen LogP contribution is -2.61. The van der Waals surface area contributed by atoms with Crippen molar-refractivity contribution in [2.24, 2.45) is 0 Å². The lowest BCUT2D eigenvalue weighted by molar-refractivity contribution is -0.160. The van der Waals surface area contributed by atoms with E-state index in [0.29, 0.717) is 38.3 Å². The van der Waals surface area contributed by atoms with Crippen molar-refractivity contribution in [1.29, 1.82) is 0 Å². The lowest BCUT2D eigenvalue weighted by Gasteiger charge is -2.30. The molecule has 1 heterocycles. The first kappa shape index (κ1) is 47.3. The topological polar surface area (TPSA) is 276 Å². The monoisotopic (exact) mass is 768 g/mol. The normalized spacial score (nSPS) is 16.9. The summed E-state index contributed by atoms with van der Waals surface area (Å²) < 4.78 is 5.26. The van der Waals surface area contributed by atoms with Crippen LogP contribution in [0.5, 0.6) is 0 Å². The van der Waals surface area contributed by atoms with E-state index in [2.05, 4.69) is 16.0 Å². The predicted molar refractivity (Wildman–Crippen MR) is 190 cm³/mol. The molecule has 0 spiro atoms. The Balaban J connectivity index is 2.47. The van der Waals surface area contributed by atoms with Crippen molar-refractivity contribution in [2.75, 3.05) is 39.5 Å². The van der Waals surface area contributed by atoms with Crippen molar-refractivity contribution in [2.45, 2.75) is 104 Å². The Hall–Kier alpha value is -4.69. The van der Waals surface area contributed by atoms with E-state index in [9.17, 15) is 49.2 Å². The number of aliphatic hydroxyl groups excluding tert-OH is 2. The van der Waals surface area contributed by atoms with Crippen molar-refractivity contribution in [1.82, 2.24) is 31.1 Å². The van der Waals surface area contributed by atoms with Gasteiger partial charge in [0.25, 0.3) is 17.7 Å². The maximum atomic E-state index is 12.6. The van der Waals surface area contributed by atoms with Crippen LogP contribution in [0.15, 0.2) is 34.9 Å². The minimum Gasteiger partial charge on any atom is -0.464 e. The number of rotatable bonds is 24. The van der Waals surface area contributed by atoms with Crippen LogP contribution in [0.3, 0.4) is 0 Å². The van der Waals surface area contributed by atoms with Gasteiger partial charge in [-0.15, -0.1) is 0 Å². The van der Waals surface area contributed by atoms with Crippen LogP contribution in [0.25, 0.3) is 0 Å². The molecule has 19 nitrogen and oxygen atoms in total. The van der Waals surface area contributed by atoms with Gasteiger partial charge in [0.2, 0.25) is 17.7 Å². The Bertz CT molecular complexity index is 1400. The van der Waals surface area contributed by atoms with Crippen molar-refractivity contribution < 1.29 is 64.1 Å². The van der Waals surface area contributed by atoms with Gasteiger partial charge in [0.1, 0.15) is 18.1 Å². The number of carbonyl (C=O) groups is 7. The average molecular weight is 769 g/mol. The number of nitrogens with one attached hydrogen (secondary N) is 3. The summed E-state index contributed by atoms with van der Waals surface area (Å²) in [6.07, 6.45) is 5.09. The van der Waals surface area contributed by atoms with Crippen LogP contribution in [-0.4, -0.2) is 140 Å². The third kappa shape index (κ3) is 18.9. The summed E-state index contributed by atoms with van der Waals surface area (Å²) in [5.74, 6) is -4.25. The van der Waals surface area contributed by atoms with Crippen LogP contribution in [0.2, 0.25) is 0 Å². The molecule has 1 rings (SSSR count). The molecule has 19 heteroatoms. The Morgan fingerprint density at radius 3 is 1.46 bits per heavy atom. The first-order valence-electron chi connectivity index (χ1n) is 17.8. The molecule has 0 aromatic rings. The number of aliphatic hydroxyl groups is 2. The molecule has 0 aliphatic carbocycles. The molecule has 54 heavy (non-hydrogen) atoms. The van der Waals surface area contributed by atoms with Crippen molar-refractivity contribution in [3.05, 3.63) is 34.9 Å². The Kier molecular flexibility index (Phi) is 22.2. The largest absolute Gasteiger partial charge is 0.464 e. The van der Waals surface area contributed by atoms with Gasteiger partial charge < -0.3 is 30.9 Å². The van der Waals surface area contributed by atoms with E-state index in [0.717, 1.165) is 6.08 Å². The molecule has 0 bridgehead atoms. The van der Waals surface area contributed by atoms with Gasteiger partial charge in [-0.3, -0.25) is 44.4 Å². The maximum Gasteiger partial charge on any atom is 0.328 e. The molecule has 1 aliphatic rings. The molecule has 3 atom stereocenters. The molecule has 0 radical (unpaired) electrons. The second-order valence-corrected chi connectivity index (χ2v) is 13.0. The zero-order valence-corrected chi connectivity index (χ0v) is 31.4. The summed E-state index contributed by atoms with van der Waals surface area (Å²) in [5.41, 5.74) is 1.64. The second kappa shape index (κ2) is 25.4. The third-order valence-corrected chi connectivity index (χ3v) is 8.14.